The molecule has 0 atom stereocenters. The molecule has 0 aliphatic carbocycles. The summed E-state index contributed by atoms with van der Waals surface area (Å²) in [6, 6.07) is 8.31. The molecule has 1 aliphatic heterocycles. The molecule has 174 valence electrons. The lowest BCUT2D eigenvalue weighted by molar-refractivity contribution is 0.600. The van der Waals surface area contributed by atoms with Gasteiger partial charge in [-0.15, -0.1) is 34.2 Å². The molecule has 2 aromatic heterocycles. The van der Waals surface area contributed by atoms with Gasteiger partial charge in [0, 0.05) is 45.6 Å². The first-order valence-corrected chi connectivity index (χ1v) is 11.6. The maximum atomic E-state index is 4.76. The maximum absolute atomic E-state index is 4.76. The van der Waals surface area contributed by atoms with Crippen LogP contribution < -0.4 is 10.6 Å². The van der Waals surface area contributed by atoms with Gasteiger partial charge in [0.05, 0.1) is 11.0 Å². The van der Waals surface area contributed by atoms with E-state index in [-0.39, 0.29) is 24.0 Å². The molecule has 32 heavy (non-hydrogen) atoms. The summed E-state index contributed by atoms with van der Waals surface area (Å²) in [4.78, 5) is 9.41. The predicted molar refractivity (Wildman–Crippen MR) is 140 cm³/mol. The van der Waals surface area contributed by atoms with E-state index in [4.69, 9.17) is 4.99 Å². The predicted octanol–water partition coefficient (Wildman–Crippen LogP) is 3.47. The summed E-state index contributed by atoms with van der Waals surface area (Å²) < 4.78 is 4.60. The number of rotatable bonds is 8. The normalized spacial score (nSPS) is 14.0. The molecule has 3 heterocycles. The zero-order valence-corrected chi connectivity index (χ0v) is 21.5. The van der Waals surface area contributed by atoms with E-state index in [0.29, 0.717) is 0 Å². The zero-order valence-electron chi connectivity index (χ0n) is 19.2. The van der Waals surface area contributed by atoms with Crippen LogP contribution in [0.3, 0.4) is 0 Å². The van der Waals surface area contributed by atoms with Gasteiger partial charge in [-0.1, -0.05) is 18.6 Å². The van der Waals surface area contributed by atoms with E-state index >= 15 is 0 Å². The maximum Gasteiger partial charge on any atom is 0.191 e. The van der Waals surface area contributed by atoms with Gasteiger partial charge in [0.25, 0.3) is 0 Å². The minimum atomic E-state index is 0. The van der Waals surface area contributed by atoms with Crippen LogP contribution in [0.15, 0.2) is 29.3 Å². The molecule has 1 aliphatic rings. The molecule has 3 aromatic rings. The van der Waals surface area contributed by atoms with Crippen LogP contribution in [0.2, 0.25) is 0 Å². The zero-order chi connectivity index (χ0) is 21.5. The van der Waals surface area contributed by atoms with E-state index in [1.165, 1.54) is 24.8 Å². The Labute approximate surface area is 207 Å². The van der Waals surface area contributed by atoms with Crippen molar-refractivity contribution in [3.05, 3.63) is 41.7 Å². The average molecular weight is 550 g/mol. The Morgan fingerprint density at radius 2 is 2.00 bits per heavy atom. The van der Waals surface area contributed by atoms with Crippen LogP contribution in [0.5, 0.6) is 0 Å². The van der Waals surface area contributed by atoms with E-state index in [1.54, 1.807) is 0 Å². The highest BCUT2D eigenvalue weighted by atomic mass is 127. The Hall–Kier alpha value is -2.17. The molecule has 2 N–H and O–H groups in total. The van der Waals surface area contributed by atoms with Gasteiger partial charge in [-0.2, -0.15) is 0 Å². The molecule has 0 unspecified atom stereocenters. The van der Waals surface area contributed by atoms with Crippen LogP contribution in [0, 0.1) is 6.92 Å². The van der Waals surface area contributed by atoms with Crippen molar-refractivity contribution in [2.45, 2.75) is 65.5 Å². The quantitative estimate of drug-likeness (QED) is 0.194. The molecule has 0 radical (unpaired) electrons. The Bertz CT molecular complexity index is 1020. The second-order valence-corrected chi connectivity index (χ2v) is 8.09. The third kappa shape index (κ3) is 5.99. The van der Waals surface area contributed by atoms with Crippen LogP contribution in [0.4, 0.5) is 0 Å². The SMILES string of the molecule is CCNC(=NCCCn1c(C)nc2ccccc21)NCCc1nnc2n1CCCCC2.I. The molecular weight excluding hydrogens is 515 g/mol. The number of aromatic nitrogens is 5. The van der Waals surface area contributed by atoms with Gasteiger partial charge < -0.3 is 19.8 Å². The lowest BCUT2D eigenvalue weighted by Gasteiger charge is -2.12. The molecule has 8 nitrogen and oxygen atoms in total. The Kier molecular flexibility index (Phi) is 9.31. The first-order chi connectivity index (χ1) is 15.3. The van der Waals surface area contributed by atoms with Gasteiger partial charge in [0.15, 0.2) is 5.96 Å². The smallest absolute Gasteiger partial charge is 0.191 e. The average Bonchev–Trinajstić information content (AvgIpc) is 3.20. The standard InChI is InChI=1S/C23H34N8.HI/c1-3-24-23(26-15-13-22-29-28-21-12-5-4-8-16-31(21)22)25-14-9-17-30-18(2)27-19-10-6-7-11-20(19)30;/h6-7,10-11H,3-5,8-9,12-17H2,1-2H3,(H2,24,25,26);1H. The van der Waals surface area contributed by atoms with Crippen LogP contribution in [-0.4, -0.2) is 49.9 Å². The highest BCUT2D eigenvalue weighted by molar-refractivity contribution is 14.0. The number of para-hydroxylation sites is 2. The summed E-state index contributed by atoms with van der Waals surface area (Å²) in [6.07, 6.45) is 6.61. The van der Waals surface area contributed by atoms with E-state index in [1.807, 2.05) is 6.07 Å². The third-order valence-corrected chi connectivity index (χ3v) is 5.83. The third-order valence-electron chi connectivity index (χ3n) is 5.83. The molecule has 9 heteroatoms. The number of guanidine groups is 1. The van der Waals surface area contributed by atoms with Crippen LogP contribution in [0.1, 0.15) is 50.1 Å². The molecule has 0 saturated carbocycles. The Morgan fingerprint density at radius 3 is 2.88 bits per heavy atom. The molecule has 0 saturated heterocycles. The fraction of sp³-hybridized carbons (Fsp3) is 0.565. The van der Waals surface area contributed by atoms with Crippen LogP contribution in [0.25, 0.3) is 11.0 Å². The summed E-state index contributed by atoms with van der Waals surface area (Å²) in [5, 5.41) is 15.6. The molecule has 0 spiro atoms. The van der Waals surface area contributed by atoms with E-state index in [0.717, 1.165) is 80.9 Å². The second kappa shape index (κ2) is 12.2. The fourth-order valence-electron chi connectivity index (χ4n) is 4.26. The van der Waals surface area contributed by atoms with E-state index in [9.17, 15) is 0 Å². The first-order valence-electron chi connectivity index (χ1n) is 11.6. The Morgan fingerprint density at radius 1 is 1.12 bits per heavy atom. The number of nitrogens with one attached hydrogen (secondary N) is 2. The van der Waals surface area contributed by atoms with Crippen molar-refractivity contribution in [2.24, 2.45) is 4.99 Å². The van der Waals surface area contributed by atoms with Gasteiger partial charge in [0.1, 0.15) is 17.5 Å². The second-order valence-electron chi connectivity index (χ2n) is 8.09. The van der Waals surface area contributed by atoms with Crippen LogP contribution >= 0.6 is 24.0 Å². The number of imidazole rings is 1. The van der Waals surface area contributed by atoms with Gasteiger partial charge in [-0.25, -0.2) is 4.98 Å². The first kappa shape index (κ1) is 24.5. The summed E-state index contributed by atoms with van der Waals surface area (Å²) >= 11 is 0. The highest BCUT2D eigenvalue weighted by Gasteiger charge is 2.14. The van der Waals surface area contributed by atoms with Crippen molar-refractivity contribution >= 4 is 41.0 Å². The van der Waals surface area contributed by atoms with Crippen molar-refractivity contribution in [3.63, 3.8) is 0 Å². The minimum Gasteiger partial charge on any atom is -0.357 e. The minimum absolute atomic E-state index is 0. The summed E-state index contributed by atoms with van der Waals surface area (Å²) in [5.41, 5.74) is 2.26. The van der Waals surface area contributed by atoms with Crippen molar-refractivity contribution in [2.75, 3.05) is 19.6 Å². The van der Waals surface area contributed by atoms with E-state index in [2.05, 4.69) is 67.0 Å². The molecule has 0 amide bonds. The largest absolute Gasteiger partial charge is 0.357 e. The number of halogens is 1. The fourth-order valence-corrected chi connectivity index (χ4v) is 4.26. The number of nitrogens with zero attached hydrogens (tertiary/aromatic N) is 6. The van der Waals surface area contributed by atoms with Gasteiger partial charge in [-0.05, 0) is 45.2 Å². The van der Waals surface area contributed by atoms with Crippen LogP contribution in [-0.2, 0) is 25.9 Å². The van der Waals surface area contributed by atoms with Crippen molar-refractivity contribution in [1.29, 1.82) is 0 Å². The Balaban J connectivity index is 0.00000289. The van der Waals surface area contributed by atoms with Gasteiger partial charge in [0.2, 0.25) is 0 Å². The molecule has 0 fully saturated rings. The summed E-state index contributed by atoms with van der Waals surface area (Å²) in [7, 11) is 0. The van der Waals surface area contributed by atoms with Crippen molar-refractivity contribution in [3.8, 4) is 0 Å². The lowest BCUT2D eigenvalue weighted by atomic mass is 10.2. The number of hydrogen-bond donors (Lipinski definition) is 2. The lowest BCUT2D eigenvalue weighted by Crippen LogP contribution is -2.38. The topological polar surface area (TPSA) is 84.9 Å². The monoisotopic (exact) mass is 550 g/mol. The molecule has 0 bridgehead atoms. The van der Waals surface area contributed by atoms with Gasteiger partial charge >= 0.3 is 0 Å². The summed E-state index contributed by atoms with van der Waals surface area (Å²) in [5.74, 6) is 4.16. The number of aryl methyl sites for hydroxylation is 3. The number of benzene rings is 1. The van der Waals surface area contributed by atoms with E-state index < -0.39 is 0 Å². The molecule has 4 rings (SSSR count). The number of fused-ring (bicyclic) bond motifs is 2. The number of aliphatic imine (C=N–C) groups is 1. The van der Waals surface area contributed by atoms with Crippen molar-refractivity contribution < 1.29 is 0 Å². The number of hydrogen-bond acceptors (Lipinski definition) is 4. The van der Waals surface area contributed by atoms with Crippen molar-refractivity contribution in [1.82, 2.24) is 34.9 Å². The molecule has 1 aromatic carbocycles. The van der Waals surface area contributed by atoms with Gasteiger partial charge in [-0.3, -0.25) is 4.99 Å². The summed E-state index contributed by atoms with van der Waals surface area (Å²) in [6.45, 7) is 8.54. The highest BCUT2D eigenvalue weighted by Crippen LogP contribution is 2.16. The molecular formula is C23H35IN8.